The molecule has 0 aliphatic carbocycles. The van der Waals surface area contributed by atoms with E-state index in [2.05, 4.69) is 18.8 Å². The molecule has 1 aliphatic rings. The topological polar surface area (TPSA) is 59.1 Å². The lowest BCUT2D eigenvalue weighted by Crippen LogP contribution is -2.48. The van der Waals surface area contributed by atoms with E-state index in [1.165, 1.54) is 24.0 Å². The Kier molecular flexibility index (Phi) is 6.07. The highest BCUT2D eigenvalue weighted by molar-refractivity contribution is 6.05. The van der Waals surface area contributed by atoms with Crippen molar-refractivity contribution in [2.45, 2.75) is 38.8 Å². The number of anilines is 2. The quantitative estimate of drug-likeness (QED) is 0.625. The number of unbranched alkanes of at least 4 members (excludes halogenated alkanes) is 3. The summed E-state index contributed by atoms with van der Waals surface area (Å²) < 4.78 is 9.74. The summed E-state index contributed by atoms with van der Waals surface area (Å²) in [5, 5.41) is 0. The summed E-state index contributed by atoms with van der Waals surface area (Å²) in [6, 6.07) is 7.09. The number of methoxy groups -OCH3 is 2. The molecule has 0 radical (unpaired) electrons. The third-order valence-electron chi connectivity index (χ3n) is 3.77. The number of benzene rings is 1. The fourth-order valence-electron chi connectivity index (χ4n) is 2.60. The zero-order valence-electron chi connectivity index (χ0n) is 14.2. The Hall–Kier alpha value is -2.68. The smallest absolute Gasteiger partial charge is 0.416 e. The molecule has 6 heteroatoms. The van der Waals surface area contributed by atoms with Crippen LogP contribution in [0.25, 0.3) is 0 Å². The number of amides is 2. The van der Waals surface area contributed by atoms with Crippen LogP contribution in [0, 0.1) is 11.8 Å². The first-order chi connectivity index (χ1) is 11.7. The van der Waals surface area contributed by atoms with E-state index in [9.17, 15) is 9.59 Å². The van der Waals surface area contributed by atoms with E-state index in [1.54, 1.807) is 24.3 Å². The van der Waals surface area contributed by atoms with Crippen molar-refractivity contribution in [2.75, 3.05) is 24.0 Å². The highest BCUT2D eigenvalue weighted by Crippen LogP contribution is 2.40. The molecule has 0 unspecified atom stereocenters. The van der Waals surface area contributed by atoms with Crippen LogP contribution >= 0.6 is 0 Å². The lowest BCUT2D eigenvalue weighted by atomic mass is 10.2. The van der Waals surface area contributed by atoms with Crippen molar-refractivity contribution in [1.82, 2.24) is 0 Å². The molecule has 0 saturated carbocycles. The number of hydrogen-bond acceptors (Lipinski definition) is 4. The summed E-state index contributed by atoms with van der Waals surface area (Å²) in [6.45, 7) is 2.12. The van der Waals surface area contributed by atoms with Gasteiger partial charge in [0, 0.05) is 6.42 Å². The van der Waals surface area contributed by atoms with Crippen LogP contribution in [0.2, 0.25) is 0 Å². The lowest BCUT2D eigenvalue weighted by molar-refractivity contribution is 0.173. The summed E-state index contributed by atoms with van der Waals surface area (Å²) in [6.07, 6.45) is 2.00. The standard InChI is InChI=1S/C18H22N2O4/c1-4-5-6-7-8-13-16-19(17(21)23-2)14-11-9-10-12-15(14)20(16)18(22)24-3/h9-12,16H,4-7H2,1-3H3. The van der Waals surface area contributed by atoms with Gasteiger partial charge in [0.25, 0.3) is 0 Å². The highest BCUT2D eigenvalue weighted by atomic mass is 16.6. The van der Waals surface area contributed by atoms with Gasteiger partial charge in [-0.05, 0) is 18.6 Å². The molecule has 1 aromatic rings. The van der Waals surface area contributed by atoms with Crippen molar-refractivity contribution in [2.24, 2.45) is 0 Å². The molecule has 2 rings (SSSR count). The number of para-hydroxylation sites is 2. The number of rotatable bonds is 3. The molecule has 24 heavy (non-hydrogen) atoms. The maximum Gasteiger partial charge on any atom is 0.416 e. The number of carbonyl (C=O) groups excluding carboxylic acids is 2. The molecule has 0 atom stereocenters. The predicted molar refractivity (Wildman–Crippen MR) is 91.9 cm³/mol. The molecule has 1 aliphatic heterocycles. The van der Waals surface area contributed by atoms with Crippen molar-refractivity contribution in [3.63, 3.8) is 0 Å². The Bertz CT molecular complexity index is 619. The van der Waals surface area contributed by atoms with Gasteiger partial charge in [-0.15, -0.1) is 0 Å². The molecule has 128 valence electrons. The normalized spacial score (nSPS) is 13.1. The second-order valence-corrected chi connectivity index (χ2v) is 5.32. The summed E-state index contributed by atoms with van der Waals surface area (Å²) in [4.78, 5) is 27.2. The van der Waals surface area contributed by atoms with E-state index in [-0.39, 0.29) is 0 Å². The Morgan fingerprint density at radius 3 is 2.04 bits per heavy atom. The summed E-state index contributed by atoms with van der Waals surface area (Å²) in [7, 11) is 2.61. The minimum absolute atomic E-state index is 0.568. The SMILES string of the molecule is CCCCCC#CC1N(C(=O)OC)c2ccccc2N1C(=O)OC. The summed E-state index contributed by atoms with van der Waals surface area (Å²) in [5.41, 5.74) is 1.14. The van der Waals surface area contributed by atoms with Crippen LogP contribution in [-0.4, -0.2) is 32.6 Å². The Morgan fingerprint density at radius 2 is 1.58 bits per heavy atom. The van der Waals surface area contributed by atoms with E-state index < -0.39 is 18.4 Å². The van der Waals surface area contributed by atoms with Crippen LogP contribution in [0.15, 0.2) is 24.3 Å². The van der Waals surface area contributed by atoms with Gasteiger partial charge in [0.15, 0.2) is 6.17 Å². The van der Waals surface area contributed by atoms with Crippen LogP contribution in [0.1, 0.15) is 32.6 Å². The van der Waals surface area contributed by atoms with E-state index in [1.807, 2.05) is 0 Å². The van der Waals surface area contributed by atoms with E-state index in [0.717, 1.165) is 19.3 Å². The van der Waals surface area contributed by atoms with Crippen molar-refractivity contribution >= 4 is 23.6 Å². The predicted octanol–water partition coefficient (Wildman–Crippen LogP) is 3.76. The van der Waals surface area contributed by atoms with Crippen molar-refractivity contribution < 1.29 is 19.1 Å². The van der Waals surface area contributed by atoms with Crippen molar-refractivity contribution in [1.29, 1.82) is 0 Å². The molecule has 0 fully saturated rings. The molecule has 0 N–H and O–H groups in total. The van der Waals surface area contributed by atoms with Crippen LogP contribution in [0.4, 0.5) is 21.0 Å². The maximum atomic E-state index is 12.2. The van der Waals surface area contributed by atoms with Crippen molar-refractivity contribution in [3.05, 3.63) is 24.3 Å². The average molecular weight is 330 g/mol. The average Bonchev–Trinajstić information content (AvgIpc) is 2.94. The monoisotopic (exact) mass is 330 g/mol. The van der Waals surface area contributed by atoms with Crippen LogP contribution in [0.3, 0.4) is 0 Å². The second kappa shape index (κ2) is 8.25. The van der Waals surface area contributed by atoms with Gasteiger partial charge in [0.2, 0.25) is 0 Å². The number of hydrogen-bond donors (Lipinski definition) is 0. The first-order valence-corrected chi connectivity index (χ1v) is 7.97. The fraction of sp³-hybridized carbons (Fsp3) is 0.444. The molecule has 0 aromatic heterocycles. The van der Waals surface area contributed by atoms with Crippen LogP contribution < -0.4 is 9.80 Å². The molecule has 0 saturated heterocycles. The molecule has 1 heterocycles. The van der Waals surface area contributed by atoms with E-state index in [4.69, 9.17) is 9.47 Å². The van der Waals surface area contributed by atoms with Gasteiger partial charge in [0.05, 0.1) is 25.6 Å². The first-order valence-electron chi connectivity index (χ1n) is 7.97. The maximum absolute atomic E-state index is 12.2. The third kappa shape index (κ3) is 3.46. The largest absolute Gasteiger partial charge is 0.452 e. The van der Waals surface area contributed by atoms with Crippen molar-refractivity contribution in [3.8, 4) is 11.8 Å². The van der Waals surface area contributed by atoms with Gasteiger partial charge in [-0.1, -0.05) is 43.7 Å². The Labute approximate surface area is 142 Å². The van der Waals surface area contributed by atoms with Crippen LogP contribution in [0.5, 0.6) is 0 Å². The number of ether oxygens (including phenoxy) is 2. The van der Waals surface area contributed by atoms with E-state index in [0.29, 0.717) is 17.8 Å². The van der Waals surface area contributed by atoms with Gasteiger partial charge in [0.1, 0.15) is 0 Å². The van der Waals surface area contributed by atoms with Gasteiger partial charge >= 0.3 is 12.2 Å². The molecule has 0 spiro atoms. The lowest BCUT2D eigenvalue weighted by Gasteiger charge is -2.24. The summed E-state index contributed by atoms with van der Waals surface area (Å²) >= 11 is 0. The molecular weight excluding hydrogens is 308 g/mol. The van der Waals surface area contributed by atoms with Crippen LogP contribution in [-0.2, 0) is 9.47 Å². The zero-order valence-corrected chi connectivity index (χ0v) is 14.2. The Balaban J connectivity index is 2.38. The fourth-order valence-corrected chi connectivity index (χ4v) is 2.60. The molecular formula is C18H22N2O4. The van der Waals surface area contributed by atoms with Gasteiger partial charge in [-0.2, -0.15) is 0 Å². The second-order valence-electron chi connectivity index (χ2n) is 5.32. The molecule has 6 nitrogen and oxygen atoms in total. The zero-order chi connectivity index (χ0) is 17.5. The summed E-state index contributed by atoms with van der Waals surface area (Å²) in [5.74, 6) is 6.08. The Morgan fingerprint density at radius 1 is 1.04 bits per heavy atom. The third-order valence-corrected chi connectivity index (χ3v) is 3.77. The first kappa shape index (κ1) is 17.7. The molecule has 2 amide bonds. The molecule has 0 bridgehead atoms. The number of fused-ring (bicyclic) bond motifs is 1. The highest BCUT2D eigenvalue weighted by Gasteiger charge is 2.43. The van der Waals surface area contributed by atoms with Gasteiger partial charge in [-0.3, -0.25) is 0 Å². The van der Waals surface area contributed by atoms with E-state index >= 15 is 0 Å². The minimum Gasteiger partial charge on any atom is -0.452 e. The minimum atomic E-state index is -0.774. The number of nitrogens with zero attached hydrogens (tertiary/aromatic N) is 2. The number of carbonyl (C=O) groups is 2. The molecule has 1 aromatic carbocycles. The van der Waals surface area contributed by atoms with Gasteiger partial charge in [-0.25, -0.2) is 19.4 Å². The van der Waals surface area contributed by atoms with Gasteiger partial charge < -0.3 is 9.47 Å².